The molecule has 29 heavy (non-hydrogen) atoms. The van der Waals surface area contributed by atoms with Crippen molar-refractivity contribution in [3.63, 3.8) is 0 Å². The van der Waals surface area contributed by atoms with Crippen molar-refractivity contribution in [2.24, 2.45) is 16.8 Å². The first-order valence-electron chi connectivity index (χ1n) is 10.2. The summed E-state index contributed by atoms with van der Waals surface area (Å²) in [5.41, 5.74) is 0. The average Bonchev–Trinajstić information content (AvgIpc) is 3.33. The first-order chi connectivity index (χ1) is 14.2. The number of fused-ring (bicyclic) bond motifs is 1. The Morgan fingerprint density at radius 2 is 2.00 bits per heavy atom. The van der Waals surface area contributed by atoms with E-state index in [4.69, 9.17) is 9.73 Å². The molecule has 2 atom stereocenters. The molecule has 154 valence electrons. The van der Waals surface area contributed by atoms with E-state index in [1.165, 1.54) is 12.7 Å². The SMILES string of the molecule is CC1CN(Cc2ncncn2)CC1C1=NC2=CN(C3CCOCC3)CN2C(=O)N1. The van der Waals surface area contributed by atoms with Crippen LogP contribution in [0.25, 0.3) is 0 Å². The van der Waals surface area contributed by atoms with Gasteiger partial charge in [0.1, 0.15) is 31.0 Å². The number of amidine groups is 1. The number of aliphatic imine (C=N–C) groups is 1. The monoisotopic (exact) mass is 398 g/mol. The van der Waals surface area contributed by atoms with Crippen LogP contribution in [0, 0.1) is 11.8 Å². The highest BCUT2D eigenvalue weighted by Gasteiger charge is 2.40. The number of urea groups is 1. The number of amides is 2. The number of hydrogen-bond donors (Lipinski definition) is 1. The number of carbonyl (C=O) groups is 1. The number of nitrogens with one attached hydrogen (secondary N) is 1. The second kappa shape index (κ2) is 7.68. The van der Waals surface area contributed by atoms with Crippen molar-refractivity contribution in [3.05, 3.63) is 30.5 Å². The highest BCUT2D eigenvalue weighted by atomic mass is 16.5. The number of nitrogens with zero attached hydrogens (tertiary/aromatic N) is 7. The molecule has 2 saturated heterocycles. The van der Waals surface area contributed by atoms with Crippen molar-refractivity contribution in [2.45, 2.75) is 32.4 Å². The van der Waals surface area contributed by atoms with E-state index < -0.39 is 0 Å². The summed E-state index contributed by atoms with van der Waals surface area (Å²) in [4.78, 5) is 36.2. The Hall–Kier alpha value is -2.59. The van der Waals surface area contributed by atoms with E-state index in [0.29, 0.717) is 25.2 Å². The van der Waals surface area contributed by atoms with E-state index in [0.717, 1.165) is 56.6 Å². The summed E-state index contributed by atoms with van der Waals surface area (Å²) >= 11 is 0. The molecule has 0 saturated carbocycles. The molecule has 2 unspecified atom stereocenters. The minimum atomic E-state index is -0.0843. The van der Waals surface area contributed by atoms with Gasteiger partial charge in [-0.1, -0.05) is 6.92 Å². The maximum absolute atomic E-state index is 12.8. The molecule has 2 fully saturated rings. The number of likely N-dealkylation sites (tertiary alicyclic amines) is 1. The van der Waals surface area contributed by atoms with Gasteiger partial charge in [0.15, 0.2) is 5.82 Å². The molecule has 4 aliphatic heterocycles. The fraction of sp³-hybridized carbons (Fsp3) is 0.632. The topological polar surface area (TPSA) is 99.1 Å². The molecule has 0 bridgehead atoms. The fourth-order valence-corrected chi connectivity index (χ4v) is 4.59. The van der Waals surface area contributed by atoms with Crippen molar-refractivity contribution in [1.29, 1.82) is 0 Å². The van der Waals surface area contributed by atoms with E-state index in [2.05, 4.69) is 37.0 Å². The third-order valence-electron chi connectivity index (χ3n) is 6.19. The number of aromatic nitrogens is 3. The zero-order valence-corrected chi connectivity index (χ0v) is 16.6. The summed E-state index contributed by atoms with van der Waals surface area (Å²) < 4.78 is 5.46. The average molecular weight is 398 g/mol. The Morgan fingerprint density at radius 3 is 2.79 bits per heavy atom. The van der Waals surface area contributed by atoms with E-state index in [9.17, 15) is 4.79 Å². The van der Waals surface area contributed by atoms with Crippen molar-refractivity contribution in [2.75, 3.05) is 33.0 Å². The van der Waals surface area contributed by atoms with Crippen LogP contribution >= 0.6 is 0 Å². The lowest BCUT2D eigenvalue weighted by molar-refractivity contribution is 0.0459. The van der Waals surface area contributed by atoms with Crippen molar-refractivity contribution < 1.29 is 9.53 Å². The molecule has 0 radical (unpaired) electrons. The third-order valence-corrected chi connectivity index (χ3v) is 6.19. The van der Waals surface area contributed by atoms with Crippen LogP contribution in [-0.4, -0.2) is 80.5 Å². The van der Waals surface area contributed by atoms with Crippen LogP contribution in [0.5, 0.6) is 0 Å². The molecule has 0 aromatic carbocycles. The summed E-state index contributed by atoms with van der Waals surface area (Å²) in [7, 11) is 0. The van der Waals surface area contributed by atoms with Gasteiger partial charge in [-0.3, -0.25) is 15.1 Å². The molecule has 1 aromatic rings. The first kappa shape index (κ1) is 18.4. The summed E-state index contributed by atoms with van der Waals surface area (Å²) in [6, 6.07) is 0.327. The lowest BCUT2D eigenvalue weighted by atomic mass is 9.96. The smallest absolute Gasteiger partial charge is 0.329 e. The lowest BCUT2D eigenvalue weighted by Crippen LogP contribution is -2.50. The van der Waals surface area contributed by atoms with E-state index >= 15 is 0 Å². The van der Waals surface area contributed by atoms with Crippen LogP contribution in [-0.2, 0) is 11.3 Å². The maximum Gasteiger partial charge on any atom is 0.329 e. The van der Waals surface area contributed by atoms with Crippen LogP contribution in [0.2, 0.25) is 0 Å². The quantitative estimate of drug-likeness (QED) is 0.793. The zero-order valence-electron chi connectivity index (χ0n) is 16.6. The molecule has 1 aromatic heterocycles. The molecule has 0 spiro atoms. The Balaban J connectivity index is 1.30. The van der Waals surface area contributed by atoms with Gasteiger partial charge in [0, 0.05) is 44.5 Å². The molecule has 5 rings (SSSR count). The molecular formula is C19H26N8O2. The number of hydrogen-bond acceptors (Lipinski definition) is 8. The zero-order chi connectivity index (χ0) is 19.8. The summed E-state index contributed by atoms with van der Waals surface area (Å²) in [6.45, 7) is 6.75. The van der Waals surface area contributed by atoms with Crippen molar-refractivity contribution in [1.82, 2.24) is 35.0 Å². The van der Waals surface area contributed by atoms with Crippen LogP contribution in [0.1, 0.15) is 25.6 Å². The summed E-state index contributed by atoms with van der Waals surface area (Å²) in [6.07, 6.45) is 7.06. The van der Waals surface area contributed by atoms with Gasteiger partial charge in [-0.25, -0.2) is 24.7 Å². The van der Waals surface area contributed by atoms with Gasteiger partial charge in [-0.15, -0.1) is 0 Å². The molecule has 10 nitrogen and oxygen atoms in total. The van der Waals surface area contributed by atoms with E-state index in [-0.39, 0.29) is 11.9 Å². The van der Waals surface area contributed by atoms with Gasteiger partial charge in [0.05, 0.1) is 6.54 Å². The van der Waals surface area contributed by atoms with E-state index in [1.807, 2.05) is 6.20 Å². The second-order valence-corrected chi connectivity index (χ2v) is 8.17. The molecule has 2 amide bonds. The molecule has 10 heteroatoms. The Bertz CT molecular complexity index is 823. The highest BCUT2D eigenvalue weighted by molar-refractivity contribution is 6.02. The highest BCUT2D eigenvalue weighted by Crippen LogP contribution is 2.30. The van der Waals surface area contributed by atoms with Gasteiger partial charge >= 0.3 is 6.03 Å². The largest absolute Gasteiger partial charge is 0.381 e. The second-order valence-electron chi connectivity index (χ2n) is 8.17. The summed E-state index contributed by atoms with van der Waals surface area (Å²) in [5.74, 6) is 2.85. The lowest BCUT2D eigenvalue weighted by Gasteiger charge is -2.32. The minimum Gasteiger partial charge on any atom is -0.381 e. The minimum absolute atomic E-state index is 0.0843. The molecular weight excluding hydrogens is 372 g/mol. The van der Waals surface area contributed by atoms with Gasteiger partial charge in [-0.2, -0.15) is 0 Å². The van der Waals surface area contributed by atoms with Gasteiger partial charge in [-0.05, 0) is 18.8 Å². The third kappa shape index (κ3) is 3.69. The van der Waals surface area contributed by atoms with Crippen molar-refractivity contribution in [3.8, 4) is 0 Å². The molecule has 4 aliphatic rings. The predicted octanol–water partition coefficient (Wildman–Crippen LogP) is 0.614. The normalized spacial score (nSPS) is 28.2. The number of carbonyl (C=O) groups excluding carboxylic acids is 1. The van der Waals surface area contributed by atoms with Gasteiger partial charge in [0.25, 0.3) is 0 Å². The van der Waals surface area contributed by atoms with Crippen LogP contribution in [0.15, 0.2) is 29.7 Å². The Labute approximate surface area is 169 Å². The predicted molar refractivity (Wildman–Crippen MR) is 104 cm³/mol. The van der Waals surface area contributed by atoms with Gasteiger partial charge in [0.2, 0.25) is 0 Å². The number of ether oxygens (including phenoxy) is 1. The Morgan fingerprint density at radius 1 is 1.21 bits per heavy atom. The van der Waals surface area contributed by atoms with Crippen LogP contribution < -0.4 is 5.32 Å². The van der Waals surface area contributed by atoms with Crippen molar-refractivity contribution >= 4 is 11.9 Å². The first-order valence-corrected chi connectivity index (χ1v) is 10.2. The maximum atomic E-state index is 12.8. The van der Waals surface area contributed by atoms with Crippen LogP contribution in [0.3, 0.4) is 0 Å². The Kier molecular flexibility index (Phi) is 4.88. The summed E-state index contributed by atoms with van der Waals surface area (Å²) in [5, 5.41) is 3.04. The standard InChI is InChI=1S/C19H26N8O2/c1-13-6-25(8-16-21-10-20-11-22-16)7-15(13)18-23-17-9-26(12-27(17)19(28)24-18)14-2-4-29-5-3-14/h9-11,13-15H,2-8,12H2,1H3,(H,23,24,28). The molecule has 5 heterocycles. The molecule has 1 N–H and O–H groups in total. The fourth-order valence-electron chi connectivity index (χ4n) is 4.59. The van der Waals surface area contributed by atoms with Gasteiger partial charge < -0.3 is 9.64 Å². The van der Waals surface area contributed by atoms with Crippen LogP contribution in [0.4, 0.5) is 4.79 Å². The number of rotatable bonds is 4. The van der Waals surface area contributed by atoms with E-state index in [1.54, 1.807) is 4.90 Å². The molecule has 0 aliphatic carbocycles.